The summed E-state index contributed by atoms with van der Waals surface area (Å²) in [6.45, 7) is 5.14. The summed E-state index contributed by atoms with van der Waals surface area (Å²) < 4.78 is 1.14. The predicted octanol–water partition coefficient (Wildman–Crippen LogP) is 3.57. The number of halogens is 1. The van der Waals surface area contributed by atoms with Gasteiger partial charge in [-0.1, -0.05) is 47.5 Å². The van der Waals surface area contributed by atoms with E-state index in [0.29, 0.717) is 12.6 Å². The van der Waals surface area contributed by atoms with Gasteiger partial charge in [0.2, 0.25) is 0 Å². The van der Waals surface area contributed by atoms with Crippen LogP contribution in [0.4, 0.5) is 0 Å². The smallest absolute Gasteiger partial charge is 0.0481 e. The highest BCUT2D eigenvalue weighted by Crippen LogP contribution is 2.28. The third-order valence-corrected chi connectivity index (χ3v) is 4.10. The van der Waals surface area contributed by atoms with E-state index in [9.17, 15) is 0 Å². The highest BCUT2D eigenvalue weighted by molar-refractivity contribution is 9.10. The minimum atomic E-state index is 0.284. The topological polar surface area (TPSA) is 29.3 Å². The van der Waals surface area contributed by atoms with Crippen LogP contribution in [0.3, 0.4) is 0 Å². The summed E-state index contributed by atoms with van der Waals surface area (Å²) in [4.78, 5) is 2.38. The van der Waals surface area contributed by atoms with Crippen LogP contribution in [0.1, 0.15) is 38.3 Å². The first kappa shape index (κ1) is 14.7. The Morgan fingerprint density at radius 2 is 2.00 bits per heavy atom. The minimum absolute atomic E-state index is 0.284. The molecule has 2 unspecified atom stereocenters. The summed E-state index contributed by atoms with van der Waals surface area (Å²) in [6, 6.07) is 9.18. The molecule has 2 atom stereocenters. The maximum absolute atomic E-state index is 5.95. The number of hydrogen-bond acceptors (Lipinski definition) is 2. The van der Waals surface area contributed by atoms with Gasteiger partial charge in [0.1, 0.15) is 0 Å². The second-order valence-corrected chi connectivity index (χ2v) is 5.43. The van der Waals surface area contributed by atoms with Crippen LogP contribution in [-0.4, -0.2) is 24.5 Å². The predicted molar refractivity (Wildman–Crippen MR) is 78.1 cm³/mol. The van der Waals surface area contributed by atoms with Crippen molar-refractivity contribution in [3.8, 4) is 0 Å². The summed E-state index contributed by atoms with van der Waals surface area (Å²) in [6.07, 6.45) is 2.41. The Bertz CT molecular complexity index is 341. The molecule has 0 aliphatic heterocycles. The van der Waals surface area contributed by atoms with Gasteiger partial charge in [-0.2, -0.15) is 0 Å². The maximum atomic E-state index is 5.95. The van der Waals surface area contributed by atoms with E-state index >= 15 is 0 Å². The van der Waals surface area contributed by atoms with E-state index in [4.69, 9.17) is 5.73 Å². The molecular weight excluding hydrogens is 276 g/mol. The summed E-state index contributed by atoms with van der Waals surface area (Å²) in [5.41, 5.74) is 7.22. The van der Waals surface area contributed by atoms with Gasteiger partial charge >= 0.3 is 0 Å². The molecule has 0 spiro atoms. The fourth-order valence-electron chi connectivity index (χ4n) is 2.19. The zero-order valence-electron chi connectivity index (χ0n) is 11.0. The Morgan fingerprint density at radius 1 is 1.35 bits per heavy atom. The van der Waals surface area contributed by atoms with E-state index in [2.05, 4.69) is 59.9 Å². The molecule has 1 aromatic carbocycles. The molecule has 0 saturated carbocycles. The molecule has 1 rings (SSSR count). The molecule has 0 saturated heterocycles. The molecule has 0 aliphatic carbocycles. The first-order chi connectivity index (χ1) is 8.11. The zero-order valence-corrected chi connectivity index (χ0v) is 12.6. The van der Waals surface area contributed by atoms with Gasteiger partial charge in [0.05, 0.1) is 0 Å². The standard InChI is InChI=1S/C14H23BrN2/c1-4-7-11(2)17(3)14(10-16)12-8-5-6-9-13(12)15/h5-6,8-9,11,14H,4,7,10,16H2,1-3H3. The van der Waals surface area contributed by atoms with Crippen LogP contribution in [0.2, 0.25) is 0 Å². The minimum Gasteiger partial charge on any atom is -0.329 e. The maximum Gasteiger partial charge on any atom is 0.0481 e. The SMILES string of the molecule is CCCC(C)N(C)C(CN)c1ccccc1Br. The van der Waals surface area contributed by atoms with E-state index in [1.807, 2.05) is 6.07 Å². The second-order valence-electron chi connectivity index (χ2n) is 4.58. The summed E-state index contributed by atoms with van der Waals surface area (Å²) in [5, 5.41) is 0. The number of likely N-dealkylation sites (N-methyl/N-ethyl adjacent to an activating group) is 1. The zero-order chi connectivity index (χ0) is 12.8. The largest absolute Gasteiger partial charge is 0.329 e. The highest BCUT2D eigenvalue weighted by Gasteiger charge is 2.21. The Morgan fingerprint density at radius 3 is 2.53 bits per heavy atom. The van der Waals surface area contributed by atoms with Crippen LogP contribution < -0.4 is 5.73 Å². The monoisotopic (exact) mass is 298 g/mol. The molecule has 17 heavy (non-hydrogen) atoms. The van der Waals surface area contributed by atoms with Gasteiger partial charge in [0.25, 0.3) is 0 Å². The average Bonchev–Trinajstić information content (AvgIpc) is 2.32. The quantitative estimate of drug-likeness (QED) is 0.870. The molecule has 1 aromatic rings. The van der Waals surface area contributed by atoms with Crippen molar-refractivity contribution in [3.63, 3.8) is 0 Å². The Labute approximate surface area is 113 Å². The van der Waals surface area contributed by atoms with E-state index < -0.39 is 0 Å². The van der Waals surface area contributed by atoms with Gasteiger partial charge in [-0.15, -0.1) is 0 Å². The molecule has 3 heteroatoms. The van der Waals surface area contributed by atoms with Crippen LogP contribution >= 0.6 is 15.9 Å². The van der Waals surface area contributed by atoms with E-state index in [1.54, 1.807) is 0 Å². The lowest BCUT2D eigenvalue weighted by molar-refractivity contribution is 0.179. The van der Waals surface area contributed by atoms with E-state index in [-0.39, 0.29) is 6.04 Å². The van der Waals surface area contributed by atoms with Crippen molar-refractivity contribution in [2.75, 3.05) is 13.6 Å². The normalized spacial score (nSPS) is 14.9. The third-order valence-electron chi connectivity index (χ3n) is 3.38. The van der Waals surface area contributed by atoms with Gasteiger partial charge in [0, 0.05) is 23.1 Å². The molecule has 2 nitrogen and oxygen atoms in total. The lowest BCUT2D eigenvalue weighted by Crippen LogP contribution is -2.37. The van der Waals surface area contributed by atoms with Crippen LogP contribution in [0.25, 0.3) is 0 Å². The molecule has 0 bridgehead atoms. The van der Waals surface area contributed by atoms with Crippen LogP contribution in [-0.2, 0) is 0 Å². The lowest BCUT2D eigenvalue weighted by Gasteiger charge is -2.33. The first-order valence-electron chi connectivity index (χ1n) is 6.28. The first-order valence-corrected chi connectivity index (χ1v) is 7.07. The third kappa shape index (κ3) is 3.80. The fraction of sp³-hybridized carbons (Fsp3) is 0.571. The molecule has 0 aliphatic rings. The molecule has 0 heterocycles. The lowest BCUT2D eigenvalue weighted by atomic mass is 10.0. The molecular formula is C14H23BrN2. The highest BCUT2D eigenvalue weighted by atomic mass is 79.9. The number of hydrogen-bond donors (Lipinski definition) is 1. The molecule has 96 valence electrons. The summed E-state index contributed by atoms with van der Waals surface area (Å²) >= 11 is 3.61. The fourth-order valence-corrected chi connectivity index (χ4v) is 2.74. The Balaban J connectivity index is 2.88. The summed E-state index contributed by atoms with van der Waals surface area (Å²) in [5.74, 6) is 0. The number of benzene rings is 1. The van der Waals surface area contributed by atoms with Crippen LogP contribution in [0.15, 0.2) is 28.7 Å². The number of nitrogens with zero attached hydrogens (tertiary/aromatic N) is 1. The molecule has 2 N–H and O–H groups in total. The molecule has 0 fully saturated rings. The van der Waals surface area contributed by atoms with Crippen molar-refractivity contribution < 1.29 is 0 Å². The van der Waals surface area contributed by atoms with Crippen LogP contribution in [0, 0.1) is 0 Å². The second kappa shape index (κ2) is 7.14. The van der Waals surface area contributed by atoms with Gasteiger partial charge < -0.3 is 5.73 Å². The van der Waals surface area contributed by atoms with Crippen molar-refractivity contribution in [2.45, 2.75) is 38.8 Å². The summed E-state index contributed by atoms with van der Waals surface area (Å²) in [7, 11) is 2.16. The van der Waals surface area contributed by atoms with Gasteiger partial charge in [-0.05, 0) is 32.0 Å². The van der Waals surface area contributed by atoms with Crippen molar-refractivity contribution in [3.05, 3.63) is 34.3 Å². The molecule has 0 aromatic heterocycles. The van der Waals surface area contributed by atoms with Crippen LogP contribution in [0.5, 0.6) is 0 Å². The Kier molecular flexibility index (Phi) is 6.17. The van der Waals surface area contributed by atoms with E-state index in [1.165, 1.54) is 18.4 Å². The average molecular weight is 299 g/mol. The van der Waals surface area contributed by atoms with Crippen molar-refractivity contribution in [1.29, 1.82) is 0 Å². The van der Waals surface area contributed by atoms with Gasteiger partial charge in [-0.25, -0.2) is 0 Å². The number of rotatable bonds is 6. The Hall–Kier alpha value is -0.380. The number of nitrogens with two attached hydrogens (primary N) is 1. The van der Waals surface area contributed by atoms with Crippen molar-refractivity contribution >= 4 is 15.9 Å². The van der Waals surface area contributed by atoms with Gasteiger partial charge in [0.15, 0.2) is 0 Å². The van der Waals surface area contributed by atoms with Crippen molar-refractivity contribution in [1.82, 2.24) is 4.90 Å². The van der Waals surface area contributed by atoms with E-state index in [0.717, 1.165) is 4.47 Å². The molecule has 0 amide bonds. The van der Waals surface area contributed by atoms with Gasteiger partial charge in [-0.3, -0.25) is 4.90 Å². The molecule has 0 radical (unpaired) electrons. The van der Waals surface area contributed by atoms with Crippen molar-refractivity contribution in [2.24, 2.45) is 5.73 Å².